The second-order valence-corrected chi connectivity index (χ2v) is 6.97. The largest absolute Gasteiger partial charge is 0.449 e. The Bertz CT molecular complexity index is 1530. The normalized spacial score (nSPS) is 11.9. The molecule has 0 aliphatic heterocycles. The molecule has 1 aliphatic carbocycles. The summed E-state index contributed by atoms with van der Waals surface area (Å²) in [5.41, 5.74) is -5.50. The SMILES string of the molecule is O=C1c2c(cccc2[N+](=O)[O-])C(=O)c2c([N+](=O)[O-])ccc(Oc3ccc([N+](=O)[O-])cc3[N+](=O)[O-])c21. The first-order chi connectivity index (χ1) is 16.5. The molecule has 0 fully saturated rings. The van der Waals surface area contributed by atoms with Crippen molar-refractivity contribution in [1.29, 1.82) is 0 Å². The Morgan fingerprint density at radius 2 is 1.17 bits per heavy atom. The summed E-state index contributed by atoms with van der Waals surface area (Å²) in [6.07, 6.45) is 0. The van der Waals surface area contributed by atoms with Gasteiger partial charge < -0.3 is 4.74 Å². The number of carbonyl (C=O) groups is 2. The fourth-order valence-electron chi connectivity index (χ4n) is 3.61. The second-order valence-electron chi connectivity index (χ2n) is 6.97. The summed E-state index contributed by atoms with van der Waals surface area (Å²) < 4.78 is 5.44. The average molecular weight is 480 g/mol. The quantitative estimate of drug-likeness (QED) is 0.285. The number of ether oxygens (including phenoxy) is 1. The number of benzene rings is 3. The van der Waals surface area contributed by atoms with E-state index in [0.717, 1.165) is 42.5 Å². The molecule has 174 valence electrons. The monoisotopic (exact) mass is 480 g/mol. The van der Waals surface area contributed by atoms with E-state index in [1.54, 1.807) is 0 Å². The Morgan fingerprint density at radius 3 is 1.77 bits per heavy atom. The lowest BCUT2D eigenvalue weighted by molar-refractivity contribution is -0.394. The number of hydrogen-bond donors (Lipinski definition) is 0. The number of carbonyl (C=O) groups excluding carboxylic acids is 2. The van der Waals surface area contributed by atoms with Crippen molar-refractivity contribution in [1.82, 2.24) is 0 Å². The zero-order chi connectivity index (χ0) is 25.6. The van der Waals surface area contributed by atoms with E-state index >= 15 is 0 Å². The van der Waals surface area contributed by atoms with E-state index in [1.165, 1.54) is 0 Å². The number of hydrogen-bond acceptors (Lipinski definition) is 11. The van der Waals surface area contributed by atoms with E-state index in [4.69, 9.17) is 4.74 Å². The first kappa shape index (κ1) is 22.6. The average Bonchev–Trinajstić information content (AvgIpc) is 2.81. The van der Waals surface area contributed by atoms with Crippen molar-refractivity contribution >= 4 is 34.3 Å². The standard InChI is InChI=1S/C20H8N4O11/c25-19-10-2-1-3-11(22(29)30)16(10)20(26)18-15(7-5-12(17(18)19)23(31)32)35-14-6-4-9(21(27)28)8-13(14)24(33)34/h1-8H. The van der Waals surface area contributed by atoms with Crippen LogP contribution in [0.25, 0.3) is 0 Å². The molecule has 0 unspecified atom stereocenters. The van der Waals surface area contributed by atoms with E-state index in [2.05, 4.69) is 0 Å². The van der Waals surface area contributed by atoms with Gasteiger partial charge in [-0.2, -0.15) is 0 Å². The lowest BCUT2D eigenvalue weighted by Crippen LogP contribution is -2.24. The van der Waals surface area contributed by atoms with Crippen LogP contribution in [0.2, 0.25) is 0 Å². The number of nitro benzene ring substituents is 4. The summed E-state index contributed by atoms with van der Waals surface area (Å²) >= 11 is 0. The molecule has 1 aliphatic rings. The molecule has 0 saturated carbocycles. The van der Waals surface area contributed by atoms with Gasteiger partial charge in [0.05, 0.1) is 31.3 Å². The summed E-state index contributed by atoms with van der Waals surface area (Å²) in [6, 6.07) is 7.28. The third kappa shape index (κ3) is 3.58. The lowest BCUT2D eigenvalue weighted by Gasteiger charge is -2.20. The number of nitrogens with zero attached hydrogens (tertiary/aromatic N) is 4. The van der Waals surface area contributed by atoms with E-state index in [9.17, 15) is 50.0 Å². The van der Waals surface area contributed by atoms with Gasteiger partial charge in [-0.25, -0.2) is 0 Å². The Labute approximate surface area is 191 Å². The first-order valence-corrected chi connectivity index (χ1v) is 9.31. The summed E-state index contributed by atoms with van der Waals surface area (Å²) in [5.74, 6) is -3.34. The van der Waals surface area contributed by atoms with Gasteiger partial charge in [0.2, 0.25) is 17.3 Å². The van der Waals surface area contributed by atoms with E-state index in [0.29, 0.717) is 6.07 Å². The molecular formula is C20H8N4O11. The zero-order valence-electron chi connectivity index (χ0n) is 16.9. The molecule has 0 bridgehead atoms. The van der Waals surface area contributed by atoms with Crippen molar-refractivity contribution < 1.29 is 34.0 Å². The predicted molar refractivity (Wildman–Crippen MR) is 113 cm³/mol. The highest BCUT2D eigenvalue weighted by Gasteiger charge is 2.42. The molecule has 0 aromatic heterocycles. The van der Waals surface area contributed by atoms with Gasteiger partial charge in [0, 0.05) is 23.8 Å². The van der Waals surface area contributed by atoms with Crippen molar-refractivity contribution in [3.05, 3.63) is 111 Å². The van der Waals surface area contributed by atoms with Crippen molar-refractivity contribution in [3.63, 3.8) is 0 Å². The molecule has 3 aromatic rings. The van der Waals surface area contributed by atoms with Gasteiger partial charge in [-0.05, 0) is 18.2 Å². The molecular weight excluding hydrogens is 472 g/mol. The van der Waals surface area contributed by atoms with Crippen molar-refractivity contribution in [2.75, 3.05) is 0 Å². The molecule has 0 atom stereocenters. The molecule has 0 amide bonds. The molecule has 15 heteroatoms. The second kappa shape index (κ2) is 8.07. The van der Waals surface area contributed by atoms with Crippen LogP contribution >= 0.6 is 0 Å². The Morgan fingerprint density at radius 1 is 0.571 bits per heavy atom. The maximum Gasteiger partial charge on any atom is 0.318 e. The number of ketones is 2. The van der Waals surface area contributed by atoms with Gasteiger partial charge >= 0.3 is 5.69 Å². The molecule has 0 spiro atoms. The zero-order valence-corrected chi connectivity index (χ0v) is 16.9. The van der Waals surface area contributed by atoms with Crippen LogP contribution in [-0.2, 0) is 0 Å². The maximum absolute atomic E-state index is 13.3. The summed E-state index contributed by atoms with van der Waals surface area (Å²) in [5, 5.41) is 45.4. The van der Waals surface area contributed by atoms with Crippen LogP contribution in [0.1, 0.15) is 31.8 Å². The fraction of sp³-hybridized carbons (Fsp3) is 0. The predicted octanol–water partition coefficient (Wildman–Crippen LogP) is 3.89. The molecule has 4 rings (SSSR count). The topological polar surface area (TPSA) is 216 Å². The molecule has 0 radical (unpaired) electrons. The van der Waals surface area contributed by atoms with Crippen LogP contribution in [0.15, 0.2) is 48.5 Å². The van der Waals surface area contributed by atoms with Crippen molar-refractivity contribution in [3.8, 4) is 11.5 Å². The Hall–Kier alpha value is -5.60. The Balaban J connectivity index is 1.98. The number of rotatable bonds is 6. The minimum atomic E-state index is -1.15. The van der Waals surface area contributed by atoms with Crippen LogP contribution in [0.3, 0.4) is 0 Å². The molecule has 0 saturated heterocycles. The van der Waals surface area contributed by atoms with Crippen LogP contribution in [-0.4, -0.2) is 31.3 Å². The summed E-state index contributed by atoms with van der Waals surface area (Å²) in [7, 11) is 0. The van der Waals surface area contributed by atoms with Gasteiger partial charge in [-0.1, -0.05) is 6.07 Å². The number of fused-ring (bicyclic) bond motifs is 2. The van der Waals surface area contributed by atoms with E-state index in [1.807, 2.05) is 0 Å². The fourth-order valence-corrected chi connectivity index (χ4v) is 3.61. The van der Waals surface area contributed by atoms with Gasteiger partial charge in [0.1, 0.15) is 16.9 Å². The Kier molecular flexibility index (Phi) is 5.21. The van der Waals surface area contributed by atoms with Crippen molar-refractivity contribution in [2.24, 2.45) is 0 Å². The smallest absolute Gasteiger partial charge is 0.318 e. The number of nitro groups is 4. The third-order valence-corrected chi connectivity index (χ3v) is 5.08. The van der Waals surface area contributed by atoms with Crippen LogP contribution in [0.5, 0.6) is 11.5 Å². The maximum atomic E-state index is 13.3. The van der Waals surface area contributed by atoms with Gasteiger partial charge in [0.15, 0.2) is 0 Å². The van der Waals surface area contributed by atoms with Crippen LogP contribution < -0.4 is 4.74 Å². The van der Waals surface area contributed by atoms with E-state index in [-0.39, 0.29) is 0 Å². The first-order valence-electron chi connectivity index (χ1n) is 9.31. The molecule has 15 nitrogen and oxygen atoms in total. The molecule has 0 N–H and O–H groups in total. The van der Waals surface area contributed by atoms with Gasteiger partial charge in [-0.15, -0.1) is 0 Å². The minimum Gasteiger partial charge on any atom is -0.449 e. The highest BCUT2D eigenvalue weighted by Crippen LogP contribution is 2.43. The van der Waals surface area contributed by atoms with Crippen LogP contribution in [0.4, 0.5) is 22.7 Å². The highest BCUT2D eigenvalue weighted by atomic mass is 16.6. The molecule has 0 heterocycles. The lowest BCUT2D eigenvalue weighted by atomic mass is 9.82. The van der Waals surface area contributed by atoms with Crippen LogP contribution in [0, 0.1) is 40.5 Å². The molecule has 3 aromatic carbocycles. The van der Waals surface area contributed by atoms with Gasteiger partial charge in [-0.3, -0.25) is 50.0 Å². The van der Waals surface area contributed by atoms with Crippen molar-refractivity contribution in [2.45, 2.75) is 0 Å². The minimum absolute atomic E-state index is 0.432. The number of non-ortho nitro benzene ring substituents is 1. The molecule has 35 heavy (non-hydrogen) atoms. The van der Waals surface area contributed by atoms with Gasteiger partial charge in [0.25, 0.3) is 17.1 Å². The summed E-state index contributed by atoms with van der Waals surface area (Å²) in [4.78, 5) is 68.2. The highest BCUT2D eigenvalue weighted by molar-refractivity contribution is 6.32. The van der Waals surface area contributed by atoms with E-state index < -0.39 is 87.8 Å². The summed E-state index contributed by atoms with van der Waals surface area (Å²) in [6.45, 7) is 0. The third-order valence-electron chi connectivity index (χ3n) is 5.08.